The van der Waals surface area contributed by atoms with Crippen molar-refractivity contribution in [2.75, 3.05) is 0 Å². The summed E-state index contributed by atoms with van der Waals surface area (Å²) in [6.07, 6.45) is 5.07. The molecule has 63 heavy (non-hydrogen) atoms. The van der Waals surface area contributed by atoms with Gasteiger partial charge in [0.1, 0.15) is 0 Å². The Bertz CT molecular complexity index is 3630. The maximum Gasteiger partial charge on any atom is 0.238 e. The molecule has 5 nitrogen and oxygen atoms in total. The molecule has 3 aromatic heterocycles. The average molecular weight is 806 g/mol. The van der Waals surface area contributed by atoms with E-state index >= 15 is 0 Å². The smallest absolute Gasteiger partial charge is 0.238 e. The van der Waals surface area contributed by atoms with Crippen molar-refractivity contribution >= 4 is 54.9 Å². The number of aromatic nitrogens is 5. The summed E-state index contributed by atoms with van der Waals surface area (Å²) in [6, 6.07) is 70.5. The van der Waals surface area contributed by atoms with E-state index in [2.05, 4.69) is 204 Å². The van der Waals surface area contributed by atoms with Crippen LogP contribution in [0.1, 0.15) is 12.0 Å². The Labute approximate surface area is 364 Å². The van der Waals surface area contributed by atoms with Crippen LogP contribution in [0.5, 0.6) is 0 Å². The molecule has 0 spiro atoms. The van der Waals surface area contributed by atoms with Gasteiger partial charge in [0, 0.05) is 50.4 Å². The molecule has 0 aliphatic heterocycles. The van der Waals surface area contributed by atoms with Crippen molar-refractivity contribution in [3.63, 3.8) is 0 Å². The first-order chi connectivity index (χ1) is 31.2. The minimum Gasteiger partial charge on any atom is -0.310 e. The van der Waals surface area contributed by atoms with Crippen molar-refractivity contribution in [3.05, 3.63) is 230 Å². The number of nitrogens with zero attached hydrogens (tertiary/aromatic N) is 5. The molecule has 3 heterocycles. The highest BCUT2D eigenvalue weighted by atomic mass is 15.2. The Morgan fingerprint density at radius 3 is 1.52 bits per heavy atom. The van der Waals surface area contributed by atoms with Crippen LogP contribution < -0.4 is 0 Å². The van der Waals surface area contributed by atoms with Crippen LogP contribution in [0.3, 0.4) is 0 Å². The van der Waals surface area contributed by atoms with E-state index in [4.69, 9.17) is 15.0 Å². The van der Waals surface area contributed by atoms with Gasteiger partial charge >= 0.3 is 0 Å². The quantitative estimate of drug-likeness (QED) is 0.161. The Morgan fingerprint density at radius 2 is 0.857 bits per heavy atom. The molecule has 0 unspecified atom stereocenters. The van der Waals surface area contributed by atoms with Crippen LogP contribution in [0.4, 0.5) is 0 Å². The summed E-state index contributed by atoms with van der Waals surface area (Å²) in [5, 5.41) is 4.58. The number of allylic oxidation sites excluding steroid dienone is 5. The van der Waals surface area contributed by atoms with Crippen molar-refractivity contribution in [1.29, 1.82) is 0 Å². The van der Waals surface area contributed by atoms with Crippen molar-refractivity contribution in [2.45, 2.75) is 6.42 Å². The van der Waals surface area contributed by atoms with E-state index < -0.39 is 0 Å². The summed E-state index contributed by atoms with van der Waals surface area (Å²) < 4.78 is 4.75. The molecule has 0 saturated carbocycles. The van der Waals surface area contributed by atoms with Gasteiger partial charge in [0.05, 0.1) is 22.1 Å². The second-order valence-corrected chi connectivity index (χ2v) is 16.1. The molecule has 0 bridgehead atoms. The van der Waals surface area contributed by atoms with Gasteiger partial charge in [-0.3, -0.25) is 4.57 Å². The van der Waals surface area contributed by atoms with Crippen LogP contribution >= 0.6 is 0 Å². The summed E-state index contributed by atoms with van der Waals surface area (Å²) in [5.74, 6) is 1.75. The van der Waals surface area contributed by atoms with Gasteiger partial charge in [-0.05, 0) is 45.5 Å². The minimum atomic E-state index is 0.550. The number of fused-ring (bicyclic) bond motifs is 7. The SMILES string of the molecule is C=C1C=CC(c2ccccc2)=C(n2c3ccccc3c3ccc4c5ccccc5n(-c5nc(-c6ccccc6)nc(-c6ccccc6-c6ccc(-c7ccccc7)cc6)n5)c4c32)C1. The molecule has 1 aliphatic carbocycles. The van der Waals surface area contributed by atoms with Crippen LogP contribution in [0, 0.1) is 0 Å². The molecule has 12 rings (SSSR count). The van der Waals surface area contributed by atoms with Gasteiger partial charge in [-0.25, -0.2) is 4.98 Å². The Balaban J connectivity index is 1.16. The lowest BCUT2D eigenvalue weighted by Gasteiger charge is -2.22. The van der Waals surface area contributed by atoms with E-state index in [0.29, 0.717) is 24.0 Å². The zero-order valence-electron chi connectivity index (χ0n) is 34.4. The fourth-order valence-corrected chi connectivity index (χ4v) is 9.44. The molecule has 0 atom stereocenters. The minimum absolute atomic E-state index is 0.550. The summed E-state index contributed by atoms with van der Waals surface area (Å²) in [5.41, 5.74) is 15.2. The highest BCUT2D eigenvalue weighted by molar-refractivity contribution is 6.24. The number of rotatable bonds is 7. The molecular weight excluding hydrogens is 767 g/mol. The first-order valence-electron chi connectivity index (χ1n) is 21.4. The molecule has 0 fully saturated rings. The molecule has 0 saturated heterocycles. The number of para-hydroxylation sites is 2. The lowest BCUT2D eigenvalue weighted by atomic mass is 9.94. The monoisotopic (exact) mass is 805 g/mol. The summed E-state index contributed by atoms with van der Waals surface area (Å²) in [4.78, 5) is 16.2. The Hall–Kier alpha value is -8.41. The van der Waals surface area contributed by atoms with Gasteiger partial charge in [-0.2, -0.15) is 9.97 Å². The summed E-state index contributed by atoms with van der Waals surface area (Å²) in [6.45, 7) is 4.48. The summed E-state index contributed by atoms with van der Waals surface area (Å²) >= 11 is 0. The maximum atomic E-state index is 5.49. The third-order valence-electron chi connectivity index (χ3n) is 12.3. The van der Waals surface area contributed by atoms with Gasteiger partial charge in [0.15, 0.2) is 11.6 Å². The average Bonchev–Trinajstić information content (AvgIpc) is 3.88. The lowest BCUT2D eigenvalue weighted by molar-refractivity contribution is 0.953. The predicted molar refractivity (Wildman–Crippen MR) is 261 cm³/mol. The second-order valence-electron chi connectivity index (χ2n) is 16.1. The first-order valence-corrected chi connectivity index (χ1v) is 21.4. The molecule has 8 aromatic carbocycles. The molecule has 5 heteroatoms. The summed E-state index contributed by atoms with van der Waals surface area (Å²) in [7, 11) is 0. The molecule has 0 radical (unpaired) electrons. The van der Waals surface area contributed by atoms with Gasteiger partial charge in [0.25, 0.3) is 0 Å². The number of benzene rings is 8. The molecule has 1 aliphatic rings. The third kappa shape index (κ3) is 6.13. The van der Waals surface area contributed by atoms with Gasteiger partial charge in [-0.15, -0.1) is 0 Å². The second kappa shape index (κ2) is 14.9. The van der Waals surface area contributed by atoms with Crippen LogP contribution in [-0.4, -0.2) is 24.1 Å². The topological polar surface area (TPSA) is 48.5 Å². The Morgan fingerprint density at radius 1 is 0.365 bits per heavy atom. The normalized spacial score (nSPS) is 12.9. The highest BCUT2D eigenvalue weighted by Gasteiger charge is 2.26. The van der Waals surface area contributed by atoms with Crippen LogP contribution in [-0.2, 0) is 0 Å². The molecule has 0 N–H and O–H groups in total. The van der Waals surface area contributed by atoms with E-state index in [1.165, 1.54) is 27.8 Å². The van der Waals surface area contributed by atoms with Gasteiger partial charge < -0.3 is 4.57 Å². The van der Waals surface area contributed by atoms with Crippen LogP contribution in [0.2, 0.25) is 0 Å². The fraction of sp³-hybridized carbons (Fsp3) is 0.0172. The lowest BCUT2D eigenvalue weighted by Crippen LogP contribution is -2.08. The largest absolute Gasteiger partial charge is 0.310 e. The molecule has 11 aromatic rings. The number of hydrogen-bond donors (Lipinski definition) is 0. The molecule has 0 amide bonds. The highest BCUT2D eigenvalue weighted by Crippen LogP contribution is 2.45. The van der Waals surface area contributed by atoms with Gasteiger partial charge in [0.2, 0.25) is 5.95 Å². The number of hydrogen-bond acceptors (Lipinski definition) is 3. The van der Waals surface area contributed by atoms with Crippen molar-refractivity contribution in [2.24, 2.45) is 0 Å². The molecule has 296 valence electrons. The standard InChI is InChI=1S/C58H39N5/c1-38-29-34-45(41-19-7-3-8-20-41)53(37-38)62-51-27-15-13-24-46(51)48-35-36-49-47-25-14-16-28-52(47)63(55(49)54(48)62)58-60-56(43-21-9-4-10-22-43)59-57(61-58)50-26-12-11-23-44(50)42-32-30-40(31-33-42)39-17-5-2-6-18-39/h2-36H,1,37H2. The van der Waals surface area contributed by atoms with Gasteiger partial charge in [-0.1, -0.05) is 207 Å². The van der Waals surface area contributed by atoms with Crippen LogP contribution in [0.15, 0.2) is 224 Å². The van der Waals surface area contributed by atoms with E-state index in [-0.39, 0.29) is 0 Å². The van der Waals surface area contributed by atoms with Crippen molar-refractivity contribution in [1.82, 2.24) is 24.1 Å². The van der Waals surface area contributed by atoms with Crippen molar-refractivity contribution < 1.29 is 0 Å². The third-order valence-corrected chi connectivity index (χ3v) is 12.3. The predicted octanol–water partition coefficient (Wildman–Crippen LogP) is 14.6. The fourth-order valence-electron chi connectivity index (χ4n) is 9.44. The van der Waals surface area contributed by atoms with E-state index in [1.807, 2.05) is 24.3 Å². The van der Waals surface area contributed by atoms with E-state index in [0.717, 1.165) is 71.6 Å². The van der Waals surface area contributed by atoms with Crippen molar-refractivity contribution in [3.8, 4) is 51.0 Å². The maximum absolute atomic E-state index is 5.49. The zero-order chi connectivity index (χ0) is 41.9. The van der Waals surface area contributed by atoms with E-state index in [9.17, 15) is 0 Å². The molecular formula is C58H39N5. The first kappa shape index (κ1) is 36.4. The van der Waals surface area contributed by atoms with E-state index in [1.54, 1.807) is 0 Å². The zero-order valence-corrected chi connectivity index (χ0v) is 34.4. The van der Waals surface area contributed by atoms with Crippen LogP contribution in [0.25, 0.3) is 106 Å². The Kier molecular flexibility index (Phi) is 8.64.